The van der Waals surface area contributed by atoms with Crippen molar-refractivity contribution in [3.63, 3.8) is 0 Å². The van der Waals surface area contributed by atoms with Gasteiger partial charge in [-0.15, -0.1) is 0 Å². The third-order valence-corrected chi connectivity index (χ3v) is 5.52. The van der Waals surface area contributed by atoms with Gasteiger partial charge in [0.05, 0.1) is 23.8 Å². The molecule has 138 valence electrons. The number of carbonyl (C=O) groups excluding carboxylic acids is 1. The van der Waals surface area contributed by atoms with E-state index in [2.05, 4.69) is 19.7 Å². The number of aromatic nitrogens is 3. The lowest BCUT2D eigenvalue weighted by molar-refractivity contribution is 0.0654. The van der Waals surface area contributed by atoms with Crippen molar-refractivity contribution < 1.29 is 4.79 Å². The van der Waals surface area contributed by atoms with E-state index in [1.165, 1.54) is 32.4 Å². The van der Waals surface area contributed by atoms with E-state index in [0.29, 0.717) is 12.1 Å². The Morgan fingerprint density at radius 2 is 2.08 bits per heavy atom. The maximum absolute atomic E-state index is 13.0. The number of rotatable bonds is 4. The summed E-state index contributed by atoms with van der Waals surface area (Å²) >= 11 is 0. The van der Waals surface area contributed by atoms with Gasteiger partial charge in [0.1, 0.15) is 0 Å². The van der Waals surface area contributed by atoms with Crippen LogP contribution >= 0.6 is 0 Å². The van der Waals surface area contributed by atoms with Gasteiger partial charge < -0.3 is 9.80 Å². The van der Waals surface area contributed by atoms with Crippen molar-refractivity contribution >= 4 is 5.91 Å². The van der Waals surface area contributed by atoms with Crippen molar-refractivity contribution in [1.29, 1.82) is 0 Å². The molecule has 4 rings (SSSR count). The number of amides is 1. The highest BCUT2D eigenvalue weighted by molar-refractivity contribution is 5.94. The van der Waals surface area contributed by atoms with Crippen molar-refractivity contribution in [2.24, 2.45) is 0 Å². The third kappa shape index (κ3) is 3.65. The van der Waals surface area contributed by atoms with Gasteiger partial charge in [-0.2, -0.15) is 5.10 Å². The third-order valence-electron chi connectivity index (χ3n) is 5.52. The Bertz CT molecular complexity index is 765. The van der Waals surface area contributed by atoms with Gasteiger partial charge in [0.25, 0.3) is 5.91 Å². The highest BCUT2D eigenvalue weighted by atomic mass is 16.2. The molecule has 2 aliphatic rings. The average molecular weight is 353 g/mol. The second kappa shape index (κ2) is 7.58. The highest BCUT2D eigenvalue weighted by Crippen LogP contribution is 2.25. The van der Waals surface area contributed by atoms with Gasteiger partial charge in [-0.05, 0) is 57.0 Å². The summed E-state index contributed by atoms with van der Waals surface area (Å²) < 4.78 is 2.13. The van der Waals surface area contributed by atoms with E-state index in [1.54, 1.807) is 12.4 Å². The fourth-order valence-electron chi connectivity index (χ4n) is 4.12. The first-order chi connectivity index (χ1) is 12.7. The molecule has 2 aromatic rings. The molecule has 0 radical (unpaired) electrons. The van der Waals surface area contributed by atoms with Crippen LogP contribution in [0.4, 0.5) is 0 Å². The van der Waals surface area contributed by atoms with E-state index in [1.807, 2.05) is 30.2 Å². The Kier molecular flexibility index (Phi) is 5.02. The van der Waals surface area contributed by atoms with Crippen molar-refractivity contribution in [3.8, 4) is 0 Å². The molecule has 0 bridgehead atoms. The molecule has 1 atom stereocenters. The van der Waals surface area contributed by atoms with E-state index in [9.17, 15) is 4.79 Å². The molecule has 6 heteroatoms. The predicted molar refractivity (Wildman–Crippen MR) is 99.9 cm³/mol. The smallest absolute Gasteiger partial charge is 0.255 e. The molecule has 0 saturated carbocycles. The SMILES string of the molecule is Cc1cncc(C(=O)N2Cc3ccnn3[C@@H](CCN3CCCCC3)C2)c1. The van der Waals surface area contributed by atoms with Gasteiger partial charge in [0.15, 0.2) is 0 Å². The quantitative estimate of drug-likeness (QED) is 0.848. The Labute approximate surface area is 154 Å². The second-order valence-electron chi connectivity index (χ2n) is 7.55. The number of nitrogens with zero attached hydrogens (tertiary/aromatic N) is 5. The summed E-state index contributed by atoms with van der Waals surface area (Å²) in [6.45, 7) is 6.79. The summed E-state index contributed by atoms with van der Waals surface area (Å²) in [7, 11) is 0. The Balaban J connectivity index is 1.47. The van der Waals surface area contributed by atoms with Crippen LogP contribution in [0, 0.1) is 6.92 Å². The number of hydrogen-bond donors (Lipinski definition) is 0. The van der Waals surface area contributed by atoms with Crippen LogP contribution in [0.5, 0.6) is 0 Å². The minimum absolute atomic E-state index is 0.0663. The molecule has 0 spiro atoms. The van der Waals surface area contributed by atoms with E-state index in [4.69, 9.17) is 0 Å². The number of aryl methyl sites for hydroxylation is 1. The number of carbonyl (C=O) groups is 1. The van der Waals surface area contributed by atoms with Crippen molar-refractivity contribution in [1.82, 2.24) is 24.6 Å². The number of piperidine rings is 1. The van der Waals surface area contributed by atoms with E-state index in [0.717, 1.165) is 30.8 Å². The summed E-state index contributed by atoms with van der Waals surface area (Å²) in [4.78, 5) is 21.7. The maximum atomic E-state index is 13.0. The molecule has 0 aromatic carbocycles. The van der Waals surface area contributed by atoms with Gasteiger partial charge in [-0.3, -0.25) is 14.5 Å². The molecule has 0 aliphatic carbocycles. The highest BCUT2D eigenvalue weighted by Gasteiger charge is 2.29. The average Bonchev–Trinajstić information content (AvgIpc) is 3.15. The molecule has 2 aromatic heterocycles. The van der Waals surface area contributed by atoms with Crippen LogP contribution in [0.15, 0.2) is 30.7 Å². The lowest BCUT2D eigenvalue weighted by atomic mass is 10.1. The molecule has 0 unspecified atom stereocenters. The molecule has 4 heterocycles. The fraction of sp³-hybridized carbons (Fsp3) is 0.550. The summed E-state index contributed by atoms with van der Waals surface area (Å²) in [6.07, 6.45) is 10.3. The molecule has 1 fully saturated rings. The Morgan fingerprint density at radius 1 is 1.23 bits per heavy atom. The van der Waals surface area contributed by atoms with Crippen LogP contribution in [0.25, 0.3) is 0 Å². The summed E-state index contributed by atoms with van der Waals surface area (Å²) in [5.74, 6) is 0.0663. The molecule has 1 amide bonds. The minimum atomic E-state index is 0.0663. The largest absolute Gasteiger partial charge is 0.331 e. The molecule has 1 saturated heterocycles. The number of likely N-dealkylation sites (tertiary alicyclic amines) is 1. The second-order valence-corrected chi connectivity index (χ2v) is 7.55. The lowest BCUT2D eigenvalue weighted by Crippen LogP contribution is -2.42. The first-order valence-corrected chi connectivity index (χ1v) is 9.66. The van der Waals surface area contributed by atoms with Crippen molar-refractivity contribution in [2.45, 2.75) is 45.2 Å². The van der Waals surface area contributed by atoms with E-state index in [-0.39, 0.29) is 11.9 Å². The van der Waals surface area contributed by atoms with E-state index < -0.39 is 0 Å². The molecule has 26 heavy (non-hydrogen) atoms. The molecule has 2 aliphatic heterocycles. The summed E-state index contributed by atoms with van der Waals surface area (Å²) in [5.41, 5.74) is 2.81. The first kappa shape index (κ1) is 17.2. The number of hydrogen-bond acceptors (Lipinski definition) is 4. The van der Waals surface area contributed by atoms with Crippen LogP contribution in [-0.2, 0) is 6.54 Å². The molecule has 0 N–H and O–H groups in total. The van der Waals surface area contributed by atoms with Crippen LogP contribution in [0.2, 0.25) is 0 Å². The van der Waals surface area contributed by atoms with Crippen LogP contribution in [0.1, 0.15) is 53.3 Å². The van der Waals surface area contributed by atoms with Crippen LogP contribution < -0.4 is 0 Å². The zero-order valence-electron chi connectivity index (χ0n) is 15.5. The van der Waals surface area contributed by atoms with Gasteiger partial charge in [-0.25, -0.2) is 0 Å². The zero-order chi connectivity index (χ0) is 17.9. The Morgan fingerprint density at radius 3 is 2.88 bits per heavy atom. The number of pyridine rings is 1. The van der Waals surface area contributed by atoms with Crippen molar-refractivity contribution in [2.75, 3.05) is 26.2 Å². The van der Waals surface area contributed by atoms with Gasteiger partial charge >= 0.3 is 0 Å². The van der Waals surface area contributed by atoms with Crippen molar-refractivity contribution in [3.05, 3.63) is 47.5 Å². The van der Waals surface area contributed by atoms with Gasteiger partial charge in [0.2, 0.25) is 0 Å². The van der Waals surface area contributed by atoms with Gasteiger partial charge in [0, 0.05) is 31.7 Å². The summed E-state index contributed by atoms with van der Waals surface area (Å²) in [6, 6.07) is 4.20. The zero-order valence-corrected chi connectivity index (χ0v) is 15.5. The maximum Gasteiger partial charge on any atom is 0.255 e. The molecular formula is C20H27N5O. The Hall–Kier alpha value is -2.21. The lowest BCUT2D eigenvalue weighted by Gasteiger charge is -2.35. The topological polar surface area (TPSA) is 54.3 Å². The molecule has 6 nitrogen and oxygen atoms in total. The minimum Gasteiger partial charge on any atom is -0.331 e. The monoisotopic (exact) mass is 353 g/mol. The van der Waals surface area contributed by atoms with E-state index >= 15 is 0 Å². The standard InChI is InChI=1S/C20H27N5O/c1-16-11-17(13-21-12-16)20(26)24-14-18-5-7-22-25(18)19(15-24)6-10-23-8-3-2-4-9-23/h5,7,11-13,19H,2-4,6,8-10,14-15H2,1H3/t19-/m0/s1. The predicted octanol–water partition coefficient (Wildman–Crippen LogP) is 2.66. The normalized spacial score (nSPS) is 20.8. The van der Waals surface area contributed by atoms with Crippen LogP contribution in [-0.4, -0.2) is 56.7 Å². The van der Waals surface area contributed by atoms with Gasteiger partial charge in [-0.1, -0.05) is 6.42 Å². The van der Waals surface area contributed by atoms with Crippen LogP contribution in [0.3, 0.4) is 0 Å². The number of fused-ring (bicyclic) bond motifs is 1. The summed E-state index contributed by atoms with van der Waals surface area (Å²) in [5, 5.41) is 4.53. The fourth-order valence-corrected chi connectivity index (χ4v) is 4.12. The first-order valence-electron chi connectivity index (χ1n) is 9.66. The molecular weight excluding hydrogens is 326 g/mol.